The van der Waals surface area contributed by atoms with Crippen molar-refractivity contribution in [2.24, 2.45) is 5.73 Å². The van der Waals surface area contributed by atoms with Crippen molar-refractivity contribution in [3.8, 4) is 21.8 Å². The van der Waals surface area contributed by atoms with Crippen molar-refractivity contribution in [2.75, 3.05) is 0 Å². The third-order valence-corrected chi connectivity index (χ3v) is 4.66. The monoisotopic (exact) mass is 362 g/mol. The molecule has 3 aromatic rings. The molecule has 2 N–H and O–H groups in total. The quantitative estimate of drug-likeness (QED) is 0.723. The fourth-order valence-electron chi connectivity index (χ4n) is 1.98. The van der Waals surface area contributed by atoms with Crippen molar-refractivity contribution in [2.45, 2.75) is 6.54 Å². The molecule has 0 atom stereocenters. The summed E-state index contributed by atoms with van der Waals surface area (Å²) in [4.78, 5) is 4.62. The summed E-state index contributed by atoms with van der Waals surface area (Å²) in [5, 5.41) is 2.92. The van der Waals surface area contributed by atoms with Crippen LogP contribution in [0.5, 0.6) is 0 Å². The molecule has 0 saturated heterocycles. The Kier molecular flexibility index (Phi) is 4.14. The first-order valence-electron chi connectivity index (χ1n) is 6.37. The molecule has 1 aromatic heterocycles. The van der Waals surface area contributed by atoms with Crippen LogP contribution in [0.25, 0.3) is 21.8 Å². The smallest absolute Gasteiger partial charge is 0.137 e. The largest absolute Gasteiger partial charge is 0.326 e. The standard InChI is InChI=1S/C16H12BrFN2S/c17-13-7-12(5-6-14(13)18)15-9-21-16(20-15)11-3-1-10(8-19)2-4-11/h1-7,9H,8,19H2. The lowest BCUT2D eigenvalue weighted by molar-refractivity contribution is 0.621. The van der Waals surface area contributed by atoms with Gasteiger partial charge in [0, 0.05) is 23.1 Å². The molecule has 0 unspecified atom stereocenters. The Morgan fingerprint density at radius 1 is 1.10 bits per heavy atom. The van der Waals surface area contributed by atoms with E-state index < -0.39 is 0 Å². The van der Waals surface area contributed by atoms with Gasteiger partial charge in [-0.15, -0.1) is 11.3 Å². The van der Waals surface area contributed by atoms with Crippen LogP contribution in [-0.4, -0.2) is 4.98 Å². The maximum Gasteiger partial charge on any atom is 0.137 e. The SMILES string of the molecule is NCc1ccc(-c2nc(-c3ccc(F)c(Br)c3)cs2)cc1. The van der Waals surface area contributed by atoms with E-state index in [2.05, 4.69) is 20.9 Å². The zero-order valence-electron chi connectivity index (χ0n) is 11.0. The number of benzene rings is 2. The second kappa shape index (κ2) is 6.05. The second-order valence-corrected chi connectivity index (χ2v) is 6.28. The lowest BCUT2D eigenvalue weighted by atomic mass is 10.1. The molecule has 0 aliphatic heterocycles. The predicted octanol–water partition coefficient (Wildman–Crippen LogP) is 4.84. The van der Waals surface area contributed by atoms with E-state index in [1.54, 1.807) is 23.5 Å². The van der Waals surface area contributed by atoms with E-state index in [1.165, 1.54) is 6.07 Å². The highest BCUT2D eigenvalue weighted by atomic mass is 79.9. The van der Waals surface area contributed by atoms with Crippen molar-refractivity contribution in [1.82, 2.24) is 4.98 Å². The van der Waals surface area contributed by atoms with Crippen LogP contribution < -0.4 is 5.73 Å². The number of thiazole rings is 1. The molecule has 21 heavy (non-hydrogen) atoms. The Hall–Kier alpha value is -1.56. The minimum Gasteiger partial charge on any atom is -0.326 e. The lowest BCUT2D eigenvalue weighted by Crippen LogP contribution is -1.95. The van der Waals surface area contributed by atoms with E-state index in [0.717, 1.165) is 27.4 Å². The fraction of sp³-hybridized carbons (Fsp3) is 0.0625. The second-order valence-electron chi connectivity index (χ2n) is 4.57. The van der Waals surface area contributed by atoms with Crippen LogP contribution in [-0.2, 0) is 6.54 Å². The van der Waals surface area contributed by atoms with Crippen molar-refractivity contribution >= 4 is 27.3 Å². The molecule has 0 aliphatic rings. The highest BCUT2D eigenvalue weighted by Gasteiger charge is 2.08. The van der Waals surface area contributed by atoms with E-state index in [1.807, 2.05) is 29.6 Å². The summed E-state index contributed by atoms with van der Waals surface area (Å²) in [5.41, 5.74) is 9.49. The summed E-state index contributed by atoms with van der Waals surface area (Å²) in [6.07, 6.45) is 0. The molecule has 0 spiro atoms. The van der Waals surface area contributed by atoms with Gasteiger partial charge in [-0.05, 0) is 39.7 Å². The summed E-state index contributed by atoms with van der Waals surface area (Å²) in [7, 11) is 0. The average molecular weight is 363 g/mol. The lowest BCUT2D eigenvalue weighted by Gasteiger charge is -2.00. The summed E-state index contributed by atoms with van der Waals surface area (Å²) >= 11 is 4.77. The normalized spacial score (nSPS) is 10.8. The Labute approximate surface area is 134 Å². The maximum atomic E-state index is 13.3. The minimum absolute atomic E-state index is 0.272. The number of hydrogen-bond donors (Lipinski definition) is 1. The third kappa shape index (κ3) is 3.05. The molecule has 0 radical (unpaired) electrons. The molecule has 3 rings (SSSR count). The molecule has 0 bridgehead atoms. The molecular weight excluding hydrogens is 351 g/mol. The number of nitrogens with zero attached hydrogens (tertiary/aromatic N) is 1. The summed E-state index contributed by atoms with van der Waals surface area (Å²) in [6.45, 7) is 0.535. The average Bonchev–Trinajstić information content (AvgIpc) is 3.00. The molecule has 0 aliphatic carbocycles. The van der Waals surface area contributed by atoms with Crippen LogP contribution in [0.4, 0.5) is 4.39 Å². The topological polar surface area (TPSA) is 38.9 Å². The highest BCUT2D eigenvalue weighted by molar-refractivity contribution is 9.10. The molecule has 5 heteroatoms. The van der Waals surface area contributed by atoms with Gasteiger partial charge in [0.05, 0.1) is 10.2 Å². The van der Waals surface area contributed by atoms with Gasteiger partial charge in [0.25, 0.3) is 0 Å². The van der Waals surface area contributed by atoms with Crippen LogP contribution in [0.2, 0.25) is 0 Å². The third-order valence-electron chi connectivity index (χ3n) is 3.16. The van der Waals surface area contributed by atoms with Crippen molar-refractivity contribution < 1.29 is 4.39 Å². The van der Waals surface area contributed by atoms with Crippen LogP contribution in [0.3, 0.4) is 0 Å². The predicted molar refractivity (Wildman–Crippen MR) is 88.5 cm³/mol. The zero-order valence-corrected chi connectivity index (χ0v) is 13.4. The van der Waals surface area contributed by atoms with Crippen LogP contribution in [0, 0.1) is 5.82 Å². The molecular formula is C16H12BrFN2S. The van der Waals surface area contributed by atoms with Crippen molar-refractivity contribution in [3.63, 3.8) is 0 Å². The fourth-order valence-corrected chi connectivity index (χ4v) is 3.19. The summed E-state index contributed by atoms with van der Waals surface area (Å²) in [6, 6.07) is 13.0. The van der Waals surface area contributed by atoms with Gasteiger partial charge in [-0.2, -0.15) is 0 Å². The van der Waals surface area contributed by atoms with Crippen molar-refractivity contribution in [3.05, 3.63) is 63.7 Å². The zero-order chi connectivity index (χ0) is 14.8. The van der Waals surface area contributed by atoms with Gasteiger partial charge >= 0.3 is 0 Å². The van der Waals surface area contributed by atoms with E-state index >= 15 is 0 Å². The Morgan fingerprint density at radius 2 is 1.81 bits per heavy atom. The van der Waals surface area contributed by atoms with E-state index in [9.17, 15) is 4.39 Å². The minimum atomic E-state index is -0.272. The number of aromatic nitrogens is 1. The van der Waals surface area contributed by atoms with E-state index in [4.69, 9.17) is 5.73 Å². The number of nitrogens with two attached hydrogens (primary N) is 1. The van der Waals surface area contributed by atoms with Crippen LogP contribution in [0.1, 0.15) is 5.56 Å². The molecule has 1 heterocycles. The van der Waals surface area contributed by atoms with Crippen LogP contribution >= 0.6 is 27.3 Å². The van der Waals surface area contributed by atoms with E-state index in [-0.39, 0.29) is 5.82 Å². The Morgan fingerprint density at radius 3 is 2.48 bits per heavy atom. The number of hydrogen-bond acceptors (Lipinski definition) is 3. The van der Waals surface area contributed by atoms with E-state index in [0.29, 0.717) is 11.0 Å². The van der Waals surface area contributed by atoms with Gasteiger partial charge in [0.2, 0.25) is 0 Å². The highest BCUT2D eigenvalue weighted by Crippen LogP contribution is 2.30. The molecule has 2 aromatic carbocycles. The van der Waals surface area contributed by atoms with Gasteiger partial charge in [-0.3, -0.25) is 0 Å². The van der Waals surface area contributed by atoms with Gasteiger partial charge in [0.1, 0.15) is 10.8 Å². The maximum absolute atomic E-state index is 13.3. The van der Waals surface area contributed by atoms with Gasteiger partial charge in [-0.25, -0.2) is 9.37 Å². The summed E-state index contributed by atoms with van der Waals surface area (Å²) in [5.74, 6) is -0.272. The van der Waals surface area contributed by atoms with Gasteiger partial charge < -0.3 is 5.73 Å². The Bertz CT molecular complexity index is 768. The molecule has 106 valence electrons. The number of rotatable bonds is 3. The first-order valence-corrected chi connectivity index (χ1v) is 8.05. The van der Waals surface area contributed by atoms with Gasteiger partial charge in [0.15, 0.2) is 0 Å². The number of halogens is 2. The van der Waals surface area contributed by atoms with Crippen LogP contribution in [0.15, 0.2) is 52.3 Å². The molecule has 0 fully saturated rings. The molecule has 0 saturated carbocycles. The molecule has 2 nitrogen and oxygen atoms in total. The summed E-state index contributed by atoms with van der Waals surface area (Å²) < 4.78 is 13.7. The Balaban J connectivity index is 1.93. The van der Waals surface area contributed by atoms with Gasteiger partial charge in [-0.1, -0.05) is 24.3 Å². The first kappa shape index (κ1) is 14.4. The molecule has 0 amide bonds. The van der Waals surface area contributed by atoms with Crippen molar-refractivity contribution in [1.29, 1.82) is 0 Å². The first-order chi connectivity index (χ1) is 10.2.